The Morgan fingerprint density at radius 1 is 1.24 bits per heavy atom. The second-order valence-electron chi connectivity index (χ2n) is 4.86. The molecule has 1 aromatic heterocycles. The molecule has 1 fully saturated rings. The number of nitrogens with zero attached hydrogens (tertiary/aromatic N) is 2. The monoisotopic (exact) mass is 232 g/mol. The van der Waals surface area contributed by atoms with Gasteiger partial charge in [-0.2, -0.15) is 0 Å². The second-order valence-corrected chi connectivity index (χ2v) is 4.86. The molecule has 0 unspecified atom stereocenters. The molecule has 0 spiro atoms. The molecule has 1 aliphatic rings. The molecule has 0 saturated carbocycles. The molecule has 0 amide bonds. The highest BCUT2D eigenvalue weighted by atomic mass is 19.1. The van der Waals surface area contributed by atoms with Gasteiger partial charge in [-0.15, -0.1) is 0 Å². The van der Waals surface area contributed by atoms with E-state index in [1.54, 1.807) is 6.07 Å². The van der Waals surface area contributed by atoms with Crippen molar-refractivity contribution >= 4 is 10.9 Å². The number of benzene rings is 1. The Hall–Kier alpha value is -1.35. The van der Waals surface area contributed by atoms with Crippen molar-refractivity contribution in [2.24, 2.45) is 7.05 Å². The predicted molar refractivity (Wildman–Crippen MR) is 67.4 cm³/mol. The van der Waals surface area contributed by atoms with E-state index in [2.05, 4.69) is 11.0 Å². The highest BCUT2D eigenvalue weighted by Gasteiger charge is 2.15. The number of rotatable bonds is 2. The van der Waals surface area contributed by atoms with Crippen LogP contribution in [0.2, 0.25) is 0 Å². The van der Waals surface area contributed by atoms with Crippen LogP contribution in [0.5, 0.6) is 0 Å². The lowest BCUT2D eigenvalue weighted by Crippen LogP contribution is -2.19. The fraction of sp³-hybridized carbons (Fsp3) is 0.429. The summed E-state index contributed by atoms with van der Waals surface area (Å²) in [5.41, 5.74) is 1.92. The van der Waals surface area contributed by atoms with Gasteiger partial charge in [-0.3, -0.25) is 4.90 Å². The Labute approximate surface area is 101 Å². The van der Waals surface area contributed by atoms with Crippen LogP contribution in [0.1, 0.15) is 18.5 Å². The molecule has 2 aromatic rings. The lowest BCUT2D eigenvalue weighted by atomic mass is 10.2. The van der Waals surface area contributed by atoms with Crippen LogP contribution in [0.4, 0.5) is 4.39 Å². The molecule has 3 heteroatoms. The number of halogens is 1. The van der Waals surface area contributed by atoms with Gasteiger partial charge in [-0.1, -0.05) is 12.1 Å². The summed E-state index contributed by atoms with van der Waals surface area (Å²) < 4.78 is 15.7. The maximum atomic E-state index is 13.7. The molecular weight excluding hydrogens is 215 g/mol. The van der Waals surface area contributed by atoms with Gasteiger partial charge in [0.05, 0.1) is 5.52 Å². The Balaban J connectivity index is 1.99. The number of hydrogen-bond acceptors (Lipinski definition) is 1. The average Bonchev–Trinajstić information content (AvgIpc) is 2.90. The Kier molecular flexibility index (Phi) is 2.63. The normalized spacial score (nSPS) is 17.1. The van der Waals surface area contributed by atoms with Gasteiger partial charge >= 0.3 is 0 Å². The molecule has 1 saturated heterocycles. The maximum absolute atomic E-state index is 13.7. The average molecular weight is 232 g/mol. The molecule has 1 aromatic carbocycles. The summed E-state index contributed by atoms with van der Waals surface area (Å²) in [5, 5.41) is 1.00. The molecule has 90 valence electrons. The third kappa shape index (κ3) is 1.84. The minimum Gasteiger partial charge on any atom is -0.344 e. The van der Waals surface area contributed by atoms with Crippen LogP contribution in [-0.2, 0) is 13.6 Å². The zero-order chi connectivity index (χ0) is 11.8. The smallest absolute Gasteiger partial charge is 0.147 e. The van der Waals surface area contributed by atoms with Gasteiger partial charge in [-0.25, -0.2) is 4.39 Å². The number of para-hydroxylation sites is 1. The van der Waals surface area contributed by atoms with Crippen LogP contribution in [0.3, 0.4) is 0 Å². The third-order valence-corrected chi connectivity index (χ3v) is 3.69. The largest absolute Gasteiger partial charge is 0.344 e. The highest BCUT2D eigenvalue weighted by Crippen LogP contribution is 2.23. The van der Waals surface area contributed by atoms with Crippen LogP contribution in [0.15, 0.2) is 24.3 Å². The quantitative estimate of drug-likeness (QED) is 0.773. The minimum absolute atomic E-state index is 0.127. The summed E-state index contributed by atoms with van der Waals surface area (Å²) in [7, 11) is 1.96. The van der Waals surface area contributed by atoms with E-state index in [4.69, 9.17) is 0 Å². The summed E-state index contributed by atoms with van der Waals surface area (Å²) in [5.74, 6) is -0.127. The topological polar surface area (TPSA) is 8.17 Å². The van der Waals surface area contributed by atoms with E-state index < -0.39 is 0 Å². The van der Waals surface area contributed by atoms with E-state index in [0.717, 1.165) is 17.4 Å². The van der Waals surface area contributed by atoms with Crippen LogP contribution in [0.25, 0.3) is 10.9 Å². The van der Waals surface area contributed by atoms with Crippen LogP contribution in [-0.4, -0.2) is 22.6 Å². The highest BCUT2D eigenvalue weighted by molar-refractivity contribution is 5.81. The van der Waals surface area contributed by atoms with Crippen LogP contribution in [0, 0.1) is 5.82 Å². The van der Waals surface area contributed by atoms with E-state index in [0.29, 0.717) is 0 Å². The van der Waals surface area contributed by atoms with Crippen LogP contribution >= 0.6 is 0 Å². The van der Waals surface area contributed by atoms with Crippen molar-refractivity contribution in [1.29, 1.82) is 0 Å². The number of fused-ring (bicyclic) bond motifs is 1. The fourth-order valence-electron chi connectivity index (χ4n) is 2.74. The van der Waals surface area contributed by atoms with Gasteiger partial charge < -0.3 is 4.57 Å². The number of aromatic nitrogens is 1. The van der Waals surface area contributed by atoms with E-state index in [1.165, 1.54) is 37.7 Å². The number of aryl methyl sites for hydroxylation is 1. The van der Waals surface area contributed by atoms with E-state index in [9.17, 15) is 4.39 Å². The molecule has 0 radical (unpaired) electrons. The van der Waals surface area contributed by atoms with E-state index >= 15 is 0 Å². The summed E-state index contributed by atoms with van der Waals surface area (Å²) in [6.07, 6.45) is 2.58. The van der Waals surface area contributed by atoms with Gasteiger partial charge in [-0.05, 0) is 38.1 Å². The van der Waals surface area contributed by atoms with Crippen molar-refractivity contribution in [3.8, 4) is 0 Å². The predicted octanol–water partition coefficient (Wildman–Crippen LogP) is 2.91. The maximum Gasteiger partial charge on any atom is 0.147 e. The molecule has 0 N–H and O–H groups in total. The van der Waals surface area contributed by atoms with Gasteiger partial charge in [0.1, 0.15) is 5.82 Å². The molecule has 1 aliphatic heterocycles. The molecular formula is C14H17FN2. The number of likely N-dealkylation sites (tertiary alicyclic amines) is 1. The Bertz CT molecular complexity index is 538. The SMILES string of the molecule is Cn1c(CN2CCCC2)cc2cccc(F)c21. The molecule has 2 nitrogen and oxygen atoms in total. The Morgan fingerprint density at radius 2 is 2.00 bits per heavy atom. The summed E-state index contributed by atoms with van der Waals surface area (Å²) in [4.78, 5) is 2.44. The zero-order valence-corrected chi connectivity index (χ0v) is 10.1. The van der Waals surface area contributed by atoms with Gasteiger partial charge in [0.25, 0.3) is 0 Å². The molecule has 17 heavy (non-hydrogen) atoms. The van der Waals surface area contributed by atoms with Crippen molar-refractivity contribution in [3.63, 3.8) is 0 Å². The Morgan fingerprint density at radius 3 is 2.71 bits per heavy atom. The van der Waals surface area contributed by atoms with Gasteiger partial charge in [0.2, 0.25) is 0 Å². The van der Waals surface area contributed by atoms with E-state index in [-0.39, 0.29) is 5.82 Å². The van der Waals surface area contributed by atoms with Crippen molar-refractivity contribution in [2.45, 2.75) is 19.4 Å². The van der Waals surface area contributed by atoms with E-state index in [1.807, 2.05) is 17.7 Å². The first-order valence-corrected chi connectivity index (χ1v) is 6.21. The molecule has 0 atom stereocenters. The number of hydrogen-bond donors (Lipinski definition) is 0. The second kappa shape index (κ2) is 4.15. The lowest BCUT2D eigenvalue weighted by Gasteiger charge is -2.15. The standard InChI is InChI=1S/C14H17FN2/c1-16-12(10-17-7-2-3-8-17)9-11-5-4-6-13(15)14(11)16/h4-6,9H,2-3,7-8,10H2,1H3. The first-order valence-electron chi connectivity index (χ1n) is 6.21. The van der Waals surface area contributed by atoms with Crippen LogP contribution < -0.4 is 0 Å². The van der Waals surface area contributed by atoms with Crippen molar-refractivity contribution in [2.75, 3.05) is 13.1 Å². The van der Waals surface area contributed by atoms with Gasteiger partial charge in [0.15, 0.2) is 0 Å². The summed E-state index contributed by atoms with van der Waals surface area (Å²) >= 11 is 0. The summed E-state index contributed by atoms with van der Waals surface area (Å²) in [6.45, 7) is 3.28. The molecule has 0 bridgehead atoms. The molecule has 0 aliphatic carbocycles. The van der Waals surface area contributed by atoms with Crippen molar-refractivity contribution in [1.82, 2.24) is 9.47 Å². The van der Waals surface area contributed by atoms with Gasteiger partial charge in [0, 0.05) is 24.7 Å². The zero-order valence-electron chi connectivity index (χ0n) is 10.1. The first-order chi connectivity index (χ1) is 8.25. The molecule has 2 heterocycles. The summed E-state index contributed by atoms with van der Waals surface area (Å²) in [6, 6.07) is 7.39. The minimum atomic E-state index is -0.127. The van der Waals surface area contributed by atoms with Crippen molar-refractivity contribution in [3.05, 3.63) is 35.8 Å². The first kappa shape index (κ1) is 10.8. The molecule has 3 rings (SSSR count). The fourth-order valence-corrected chi connectivity index (χ4v) is 2.74. The lowest BCUT2D eigenvalue weighted by molar-refractivity contribution is 0.324. The third-order valence-electron chi connectivity index (χ3n) is 3.69. The van der Waals surface area contributed by atoms with Crippen molar-refractivity contribution < 1.29 is 4.39 Å².